The maximum absolute atomic E-state index is 11.7. The number of unbranched alkanes of at least 4 members (excludes halogenated alkanes) is 1. The first-order valence-electron chi connectivity index (χ1n) is 6.24. The first-order valence-corrected chi connectivity index (χ1v) is 6.24. The summed E-state index contributed by atoms with van der Waals surface area (Å²) in [5.74, 6) is -0.340. The van der Waals surface area contributed by atoms with Crippen molar-refractivity contribution in [3.63, 3.8) is 0 Å². The third-order valence-electron chi connectivity index (χ3n) is 2.79. The molecule has 0 aromatic rings. The molecule has 2 atom stereocenters. The van der Waals surface area contributed by atoms with Crippen LogP contribution in [0, 0.1) is 0 Å². The van der Waals surface area contributed by atoms with Crippen LogP contribution in [-0.2, 0) is 9.59 Å². The maximum atomic E-state index is 11.7. The van der Waals surface area contributed by atoms with E-state index < -0.39 is 12.1 Å². The Morgan fingerprint density at radius 1 is 1.35 bits per heavy atom. The van der Waals surface area contributed by atoms with Crippen LogP contribution < -0.4 is 11.1 Å². The molecule has 0 bridgehead atoms. The van der Waals surface area contributed by atoms with Crippen LogP contribution in [0.2, 0.25) is 0 Å². The fourth-order valence-electron chi connectivity index (χ4n) is 1.42. The number of rotatable bonds is 7. The maximum Gasteiger partial charge on any atom is 0.244 e. The van der Waals surface area contributed by atoms with Crippen LogP contribution in [0.4, 0.5) is 0 Å². The number of hydrogen-bond acceptors (Lipinski definition) is 3. The second-order valence-corrected chi connectivity index (χ2v) is 4.33. The molecule has 0 aromatic heterocycles. The molecule has 1 unspecified atom stereocenters. The van der Waals surface area contributed by atoms with E-state index in [2.05, 4.69) is 5.32 Å². The molecule has 0 fully saturated rings. The fourth-order valence-corrected chi connectivity index (χ4v) is 1.42. The highest BCUT2D eigenvalue weighted by molar-refractivity contribution is 5.89. The van der Waals surface area contributed by atoms with Gasteiger partial charge in [0.15, 0.2) is 0 Å². The number of carbonyl (C=O) groups is 2. The molecule has 3 N–H and O–H groups in total. The topological polar surface area (TPSA) is 75.4 Å². The van der Waals surface area contributed by atoms with Crippen LogP contribution in [0.1, 0.15) is 40.0 Å². The van der Waals surface area contributed by atoms with Gasteiger partial charge in [-0.3, -0.25) is 9.59 Å². The summed E-state index contributed by atoms with van der Waals surface area (Å²) in [5.41, 5.74) is 5.72. The molecule has 5 nitrogen and oxygen atoms in total. The molecule has 0 spiro atoms. The van der Waals surface area contributed by atoms with E-state index >= 15 is 0 Å². The van der Waals surface area contributed by atoms with E-state index in [4.69, 9.17) is 5.73 Å². The summed E-state index contributed by atoms with van der Waals surface area (Å²) >= 11 is 0. The fraction of sp³-hybridized carbons (Fsp3) is 0.833. The summed E-state index contributed by atoms with van der Waals surface area (Å²) in [6, 6.07) is -1.03. The lowest BCUT2D eigenvalue weighted by Crippen LogP contribution is -2.50. The second-order valence-electron chi connectivity index (χ2n) is 4.33. The van der Waals surface area contributed by atoms with Crippen molar-refractivity contribution in [2.75, 3.05) is 13.6 Å². The smallest absolute Gasteiger partial charge is 0.244 e. The van der Waals surface area contributed by atoms with Crippen molar-refractivity contribution in [3.8, 4) is 0 Å². The number of likely N-dealkylation sites (N-methyl/N-ethyl adjacent to an activating group) is 1. The predicted octanol–water partition coefficient (Wildman–Crippen LogP) is 0.487. The van der Waals surface area contributed by atoms with Crippen LogP contribution >= 0.6 is 0 Å². The van der Waals surface area contributed by atoms with E-state index in [0.29, 0.717) is 13.0 Å². The van der Waals surface area contributed by atoms with E-state index in [1.807, 2.05) is 13.8 Å². The monoisotopic (exact) mass is 243 g/mol. The van der Waals surface area contributed by atoms with E-state index in [-0.39, 0.29) is 11.8 Å². The number of nitrogens with two attached hydrogens (primary N) is 1. The number of amides is 2. The number of nitrogens with one attached hydrogen (secondary N) is 1. The molecule has 0 aromatic carbocycles. The Bertz CT molecular complexity index is 256. The zero-order valence-corrected chi connectivity index (χ0v) is 11.3. The van der Waals surface area contributed by atoms with Crippen molar-refractivity contribution in [1.82, 2.24) is 10.2 Å². The summed E-state index contributed by atoms with van der Waals surface area (Å²) in [6.07, 6.45) is 2.59. The van der Waals surface area contributed by atoms with Crippen molar-refractivity contribution in [2.24, 2.45) is 5.73 Å². The van der Waals surface area contributed by atoms with Gasteiger partial charge in [-0.1, -0.05) is 19.8 Å². The van der Waals surface area contributed by atoms with Crippen LogP contribution in [0.25, 0.3) is 0 Å². The molecule has 0 saturated carbocycles. The number of hydrogen-bond donors (Lipinski definition) is 2. The van der Waals surface area contributed by atoms with E-state index in [0.717, 1.165) is 12.8 Å². The lowest BCUT2D eigenvalue weighted by molar-refractivity contribution is -0.135. The third-order valence-corrected chi connectivity index (χ3v) is 2.79. The summed E-state index contributed by atoms with van der Waals surface area (Å²) in [6.45, 7) is 6.24. The SMILES string of the molecule is CCCC[C@H](N)C(=O)NC(C)C(=O)N(C)CC. The molecule has 0 rings (SSSR count). The first kappa shape index (κ1) is 15.9. The molecule has 5 heteroatoms. The van der Waals surface area contributed by atoms with E-state index in [1.54, 1.807) is 18.9 Å². The average molecular weight is 243 g/mol. The number of nitrogens with zero attached hydrogens (tertiary/aromatic N) is 1. The van der Waals surface area contributed by atoms with Gasteiger partial charge in [-0.15, -0.1) is 0 Å². The van der Waals surface area contributed by atoms with E-state index in [1.165, 1.54) is 0 Å². The Morgan fingerprint density at radius 2 is 1.94 bits per heavy atom. The first-order chi connectivity index (χ1) is 7.93. The normalized spacial score (nSPS) is 13.9. The van der Waals surface area contributed by atoms with Crippen molar-refractivity contribution in [1.29, 1.82) is 0 Å². The molecule has 100 valence electrons. The van der Waals surface area contributed by atoms with Crippen molar-refractivity contribution >= 4 is 11.8 Å². The van der Waals surface area contributed by atoms with Gasteiger partial charge in [-0.05, 0) is 20.3 Å². The third kappa shape index (κ3) is 5.68. The lowest BCUT2D eigenvalue weighted by Gasteiger charge is -2.22. The zero-order chi connectivity index (χ0) is 13.4. The Balaban J connectivity index is 4.14. The van der Waals surface area contributed by atoms with Gasteiger partial charge in [0, 0.05) is 13.6 Å². The summed E-state index contributed by atoms with van der Waals surface area (Å²) in [4.78, 5) is 25.0. The molecule has 0 aliphatic carbocycles. The molecule has 0 aliphatic heterocycles. The summed E-state index contributed by atoms with van der Waals surface area (Å²) in [5, 5.41) is 2.65. The highest BCUT2D eigenvalue weighted by Crippen LogP contribution is 1.99. The van der Waals surface area contributed by atoms with Crippen LogP contribution in [-0.4, -0.2) is 42.4 Å². The molecule has 0 aliphatic rings. The van der Waals surface area contributed by atoms with Gasteiger partial charge >= 0.3 is 0 Å². The largest absolute Gasteiger partial charge is 0.344 e. The van der Waals surface area contributed by atoms with Crippen LogP contribution in [0.15, 0.2) is 0 Å². The van der Waals surface area contributed by atoms with Crippen molar-refractivity contribution < 1.29 is 9.59 Å². The Morgan fingerprint density at radius 3 is 2.41 bits per heavy atom. The standard InChI is InChI=1S/C12H25N3O2/c1-5-7-8-10(13)11(16)14-9(3)12(17)15(4)6-2/h9-10H,5-8,13H2,1-4H3,(H,14,16)/t9?,10-/m0/s1. The molecule has 17 heavy (non-hydrogen) atoms. The molecular formula is C12H25N3O2. The van der Waals surface area contributed by atoms with Crippen LogP contribution in [0.3, 0.4) is 0 Å². The molecule has 0 radical (unpaired) electrons. The second kappa shape index (κ2) is 8.06. The van der Waals surface area contributed by atoms with Crippen molar-refractivity contribution in [3.05, 3.63) is 0 Å². The highest BCUT2D eigenvalue weighted by Gasteiger charge is 2.21. The Hall–Kier alpha value is -1.10. The van der Waals surface area contributed by atoms with Gasteiger partial charge in [0.25, 0.3) is 0 Å². The van der Waals surface area contributed by atoms with Gasteiger partial charge in [0.1, 0.15) is 6.04 Å². The van der Waals surface area contributed by atoms with E-state index in [9.17, 15) is 9.59 Å². The van der Waals surface area contributed by atoms with Gasteiger partial charge in [0.05, 0.1) is 6.04 Å². The minimum absolute atomic E-state index is 0.0939. The summed E-state index contributed by atoms with van der Waals surface area (Å²) in [7, 11) is 1.71. The minimum Gasteiger partial charge on any atom is -0.344 e. The highest BCUT2D eigenvalue weighted by atomic mass is 16.2. The quantitative estimate of drug-likeness (QED) is 0.683. The molecule has 0 saturated heterocycles. The zero-order valence-electron chi connectivity index (χ0n) is 11.3. The summed E-state index contributed by atoms with van der Waals surface area (Å²) < 4.78 is 0. The van der Waals surface area contributed by atoms with Gasteiger partial charge < -0.3 is 16.0 Å². The van der Waals surface area contributed by atoms with Gasteiger partial charge in [0.2, 0.25) is 11.8 Å². The van der Waals surface area contributed by atoms with Crippen molar-refractivity contribution in [2.45, 2.75) is 52.1 Å². The van der Waals surface area contributed by atoms with Crippen LogP contribution in [0.5, 0.6) is 0 Å². The lowest BCUT2D eigenvalue weighted by atomic mass is 10.1. The minimum atomic E-state index is -0.517. The Labute approximate surface area is 104 Å². The molecular weight excluding hydrogens is 218 g/mol. The molecule has 0 heterocycles. The Kier molecular flexibility index (Phi) is 7.54. The van der Waals surface area contributed by atoms with Gasteiger partial charge in [-0.25, -0.2) is 0 Å². The predicted molar refractivity (Wildman–Crippen MR) is 68.4 cm³/mol. The molecule has 2 amide bonds. The van der Waals surface area contributed by atoms with Gasteiger partial charge in [-0.2, -0.15) is 0 Å². The number of carbonyl (C=O) groups excluding carboxylic acids is 2. The average Bonchev–Trinajstić information content (AvgIpc) is 2.33.